The van der Waals surface area contributed by atoms with E-state index in [0.29, 0.717) is 12.7 Å². The van der Waals surface area contributed by atoms with Crippen LogP contribution in [0.2, 0.25) is 0 Å². The minimum absolute atomic E-state index is 0.271. The topological polar surface area (TPSA) is 32.8 Å². The molecule has 0 bridgehead atoms. The van der Waals surface area contributed by atoms with Crippen LogP contribution in [-0.2, 0) is 4.74 Å². The van der Waals surface area contributed by atoms with E-state index < -0.39 is 0 Å². The highest BCUT2D eigenvalue weighted by Gasteiger charge is 2.54. The van der Waals surface area contributed by atoms with Crippen molar-refractivity contribution in [3.8, 4) is 0 Å². The molecular formula is C11H20O2. The third-order valence-corrected chi connectivity index (χ3v) is 3.65. The first-order chi connectivity index (χ1) is 6.24. The fourth-order valence-corrected chi connectivity index (χ4v) is 2.53. The van der Waals surface area contributed by atoms with E-state index in [-0.39, 0.29) is 5.60 Å². The quantitative estimate of drug-likeness (QED) is 0.536. The largest absolute Gasteiger partial charge is 0.396 e. The van der Waals surface area contributed by atoms with Crippen molar-refractivity contribution in [2.45, 2.75) is 57.2 Å². The molecule has 1 aliphatic carbocycles. The van der Waals surface area contributed by atoms with Gasteiger partial charge in [0.25, 0.3) is 0 Å². The van der Waals surface area contributed by atoms with Crippen molar-refractivity contribution in [1.29, 1.82) is 0 Å². The van der Waals surface area contributed by atoms with E-state index in [1.165, 1.54) is 32.1 Å². The summed E-state index contributed by atoms with van der Waals surface area (Å²) in [4.78, 5) is 0. The van der Waals surface area contributed by atoms with Gasteiger partial charge >= 0.3 is 0 Å². The lowest BCUT2D eigenvalue weighted by molar-refractivity contribution is 0.267. The number of unbranched alkanes of at least 4 members (excludes halogenated alkanes) is 1. The summed E-state index contributed by atoms with van der Waals surface area (Å²) in [6.45, 7) is 2.59. The van der Waals surface area contributed by atoms with Gasteiger partial charge in [-0.05, 0) is 38.5 Å². The molecule has 1 saturated carbocycles. The Labute approximate surface area is 80.3 Å². The molecule has 2 heteroatoms. The first-order valence-electron chi connectivity index (χ1n) is 5.53. The molecule has 3 atom stereocenters. The van der Waals surface area contributed by atoms with Gasteiger partial charge in [-0.15, -0.1) is 0 Å². The number of fused-ring (bicyclic) bond motifs is 1. The summed E-state index contributed by atoms with van der Waals surface area (Å²) >= 11 is 0. The lowest BCUT2D eigenvalue weighted by Gasteiger charge is -2.21. The van der Waals surface area contributed by atoms with Gasteiger partial charge in [-0.25, -0.2) is 0 Å². The van der Waals surface area contributed by atoms with Crippen molar-refractivity contribution in [1.82, 2.24) is 0 Å². The number of epoxide rings is 1. The normalized spacial score (nSPS) is 42.9. The molecule has 0 amide bonds. The van der Waals surface area contributed by atoms with Crippen molar-refractivity contribution in [3.63, 3.8) is 0 Å². The maximum atomic E-state index is 8.67. The summed E-state index contributed by atoms with van der Waals surface area (Å²) in [5.74, 6) is 0.868. The van der Waals surface area contributed by atoms with E-state index in [0.717, 1.165) is 12.3 Å². The molecule has 3 unspecified atom stereocenters. The SMILES string of the molecule is CC12CCC(CCCCO)CC1O2. The van der Waals surface area contributed by atoms with Gasteiger partial charge in [0, 0.05) is 6.61 Å². The summed E-state index contributed by atoms with van der Waals surface area (Å²) in [6, 6.07) is 0. The van der Waals surface area contributed by atoms with Gasteiger partial charge in [0.05, 0.1) is 11.7 Å². The monoisotopic (exact) mass is 184 g/mol. The molecule has 1 aliphatic heterocycles. The summed E-state index contributed by atoms with van der Waals surface area (Å²) < 4.78 is 5.65. The first-order valence-corrected chi connectivity index (χ1v) is 5.53. The fraction of sp³-hybridized carbons (Fsp3) is 1.00. The predicted molar refractivity (Wildman–Crippen MR) is 51.6 cm³/mol. The van der Waals surface area contributed by atoms with Crippen molar-refractivity contribution in [3.05, 3.63) is 0 Å². The van der Waals surface area contributed by atoms with Crippen LogP contribution in [0.4, 0.5) is 0 Å². The van der Waals surface area contributed by atoms with E-state index >= 15 is 0 Å². The number of ether oxygens (including phenoxy) is 1. The van der Waals surface area contributed by atoms with E-state index in [2.05, 4.69) is 6.92 Å². The second-order valence-electron chi connectivity index (χ2n) is 4.78. The number of rotatable bonds is 4. The van der Waals surface area contributed by atoms with Gasteiger partial charge in [0.15, 0.2) is 0 Å². The summed E-state index contributed by atoms with van der Waals surface area (Å²) in [6.07, 6.45) is 7.86. The highest BCUT2D eigenvalue weighted by Crippen LogP contribution is 2.50. The van der Waals surface area contributed by atoms with E-state index in [1.807, 2.05) is 0 Å². The minimum atomic E-state index is 0.271. The van der Waals surface area contributed by atoms with Crippen molar-refractivity contribution >= 4 is 0 Å². The lowest BCUT2D eigenvalue weighted by atomic mass is 9.81. The molecule has 0 aromatic heterocycles. The fourth-order valence-electron chi connectivity index (χ4n) is 2.53. The average molecular weight is 184 g/mol. The van der Waals surface area contributed by atoms with Crippen molar-refractivity contribution in [2.75, 3.05) is 6.61 Å². The molecule has 0 aromatic rings. The second-order valence-corrected chi connectivity index (χ2v) is 4.78. The number of hydrogen-bond acceptors (Lipinski definition) is 2. The second kappa shape index (κ2) is 3.58. The molecule has 76 valence electrons. The predicted octanol–water partition coefficient (Wildman–Crippen LogP) is 2.11. The van der Waals surface area contributed by atoms with Crippen LogP contribution in [0, 0.1) is 5.92 Å². The van der Waals surface area contributed by atoms with E-state index in [4.69, 9.17) is 9.84 Å². The lowest BCUT2D eigenvalue weighted by Crippen LogP contribution is -2.21. The highest BCUT2D eigenvalue weighted by molar-refractivity contribution is 5.03. The van der Waals surface area contributed by atoms with E-state index in [9.17, 15) is 0 Å². The third-order valence-electron chi connectivity index (χ3n) is 3.65. The molecule has 1 heterocycles. The Morgan fingerprint density at radius 3 is 3.00 bits per heavy atom. The zero-order chi connectivity index (χ0) is 9.31. The smallest absolute Gasteiger partial charge is 0.0920 e. The highest BCUT2D eigenvalue weighted by atomic mass is 16.6. The molecule has 0 spiro atoms. The molecular weight excluding hydrogens is 164 g/mol. The Hall–Kier alpha value is -0.0800. The maximum Gasteiger partial charge on any atom is 0.0920 e. The molecule has 2 fully saturated rings. The molecule has 2 rings (SSSR count). The Bertz CT molecular complexity index is 181. The summed E-state index contributed by atoms with van der Waals surface area (Å²) in [7, 11) is 0. The summed E-state index contributed by atoms with van der Waals surface area (Å²) in [5, 5.41) is 8.67. The summed E-state index contributed by atoms with van der Waals surface area (Å²) in [5.41, 5.74) is 0.271. The van der Waals surface area contributed by atoms with Gasteiger partial charge in [0.1, 0.15) is 0 Å². The van der Waals surface area contributed by atoms with Crippen LogP contribution in [0.1, 0.15) is 45.4 Å². The van der Waals surface area contributed by atoms with Crippen LogP contribution < -0.4 is 0 Å². The maximum absolute atomic E-state index is 8.67. The van der Waals surface area contributed by atoms with Gasteiger partial charge in [-0.1, -0.05) is 12.8 Å². The van der Waals surface area contributed by atoms with Crippen LogP contribution in [0.25, 0.3) is 0 Å². The molecule has 2 nitrogen and oxygen atoms in total. The Kier molecular flexibility index (Phi) is 2.61. The Morgan fingerprint density at radius 1 is 1.46 bits per heavy atom. The van der Waals surface area contributed by atoms with E-state index in [1.54, 1.807) is 0 Å². The zero-order valence-corrected chi connectivity index (χ0v) is 8.46. The number of hydrogen-bond donors (Lipinski definition) is 1. The molecule has 2 aliphatic rings. The van der Waals surface area contributed by atoms with Crippen molar-refractivity contribution < 1.29 is 9.84 Å². The van der Waals surface area contributed by atoms with Gasteiger partial charge in [-0.3, -0.25) is 0 Å². The van der Waals surface area contributed by atoms with Crippen LogP contribution >= 0.6 is 0 Å². The van der Waals surface area contributed by atoms with Crippen LogP contribution in [-0.4, -0.2) is 23.4 Å². The zero-order valence-electron chi connectivity index (χ0n) is 8.46. The molecule has 1 N–H and O–H groups in total. The van der Waals surface area contributed by atoms with Crippen LogP contribution in [0.3, 0.4) is 0 Å². The Balaban J connectivity index is 1.66. The number of aliphatic hydroxyl groups excluding tert-OH is 1. The van der Waals surface area contributed by atoms with Gasteiger partial charge in [-0.2, -0.15) is 0 Å². The Morgan fingerprint density at radius 2 is 2.31 bits per heavy atom. The standard InChI is InChI=1S/C11H20O2/c1-11-6-5-9(4-2-3-7-12)8-10(11)13-11/h9-10,12H,2-8H2,1H3. The van der Waals surface area contributed by atoms with Crippen LogP contribution in [0.5, 0.6) is 0 Å². The van der Waals surface area contributed by atoms with Gasteiger partial charge in [0.2, 0.25) is 0 Å². The molecule has 0 aromatic carbocycles. The first kappa shape index (κ1) is 9.47. The van der Waals surface area contributed by atoms with Crippen molar-refractivity contribution in [2.24, 2.45) is 5.92 Å². The minimum Gasteiger partial charge on any atom is -0.396 e. The molecule has 0 radical (unpaired) electrons. The van der Waals surface area contributed by atoms with Crippen LogP contribution in [0.15, 0.2) is 0 Å². The third kappa shape index (κ3) is 2.05. The molecule has 1 saturated heterocycles. The molecule has 13 heavy (non-hydrogen) atoms. The number of aliphatic hydroxyl groups is 1. The van der Waals surface area contributed by atoms with Gasteiger partial charge < -0.3 is 9.84 Å². The average Bonchev–Trinajstić information content (AvgIpc) is 2.77.